The molecule has 1 aliphatic rings. The zero-order valence-corrected chi connectivity index (χ0v) is 26.9. The van der Waals surface area contributed by atoms with E-state index in [9.17, 15) is 19.2 Å². The highest BCUT2D eigenvalue weighted by Gasteiger charge is 2.44. The van der Waals surface area contributed by atoms with E-state index in [1.54, 1.807) is 53.4 Å². The van der Waals surface area contributed by atoms with Gasteiger partial charge in [0.1, 0.15) is 29.3 Å². The van der Waals surface area contributed by atoms with Crippen LogP contribution < -0.4 is 10.6 Å². The Kier molecular flexibility index (Phi) is 10.6. The number of amides is 3. The number of ether oxygens (including phenoxy) is 2. The molecule has 2 N–H and O–H groups in total. The molecule has 1 saturated carbocycles. The summed E-state index contributed by atoms with van der Waals surface area (Å²) in [6.07, 6.45) is 0.942. The van der Waals surface area contributed by atoms with E-state index in [-0.39, 0.29) is 12.5 Å². The molecule has 3 unspecified atom stereocenters. The van der Waals surface area contributed by atoms with Crippen LogP contribution in [-0.2, 0) is 30.3 Å². The van der Waals surface area contributed by atoms with Gasteiger partial charge in [-0.05, 0) is 97.4 Å². The second kappa shape index (κ2) is 13.6. The fourth-order valence-corrected chi connectivity index (χ4v) is 4.68. The number of carbonyl (C=O) groups excluding carboxylic acids is 4. The van der Waals surface area contributed by atoms with Crippen LogP contribution in [0.1, 0.15) is 89.6 Å². The Morgan fingerprint density at radius 2 is 1.47 bits per heavy atom. The number of hydrogen-bond acceptors (Lipinski definition) is 6. The van der Waals surface area contributed by atoms with Gasteiger partial charge in [0.15, 0.2) is 0 Å². The molecule has 234 valence electrons. The predicted molar refractivity (Wildman–Crippen MR) is 165 cm³/mol. The van der Waals surface area contributed by atoms with Crippen molar-refractivity contribution in [1.82, 2.24) is 15.5 Å². The highest BCUT2D eigenvalue weighted by Crippen LogP contribution is 2.36. The van der Waals surface area contributed by atoms with Gasteiger partial charge in [-0.15, -0.1) is 0 Å². The Labute approximate surface area is 255 Å². The van der Waals surface area contributed by atoms with Gasteiger partial charge in [-0.2, -0.15) is 0 Å². The summed E-state index contributed by atoms with van der Waals surface area (Å²) in [7, 11) is 0. The number of rotatable bonds is 10. The van der Waals surface area contributed by atoms with E-state index in [2.05, 4.69) is 10.6 Å². The molecule has 0 aliphatic heterocycles. The van der Waals surface area contributed by atoms with Gasteiger partial charge in [0.05, 0.1) is 0 Å². The van der Waals surface area contributed by atoms with E-state index in [0.717, 1.165) is 29.5 Å². The summed E-state index contributed by atoms with van der Waals surface area (Å²) in [5.41, 5.74) is 1.98. The Hall–Kier alpha value is -3.88. The smallest absolute Gasteiger partial charge is 0.408 e. The molecule has 0 aromatic heterocycles. The average Bonchev–Trinajstić information content (AvgIpc) is 3.71. The number of alkyl carbamates (subject to hydrolysis) is 1. The molecule has 9 heteroatoms. The number of nitrogens with zero attached hydrogens (tertiary/aromatic N) is 1. The van der Waals surface area contributed by atoms with Gasteiger partial charge in [0.2, 0.25) is 11.8 Å². The number of benzene rings is 2. The lowest BCUT2D eigenvalue weighted by atomic mass is 9.97. The lowest BCUT2D eigenvalue weighted by molar-refractivity contribution is -0.159. The van der Waals surface area contributed by atoms with Crippen molar-refractivity contribution in [2.75, 3.05) is 0 Å². The largest absolute Gasteiger partial charge is 0.458 e. The molecule has 1 fully saturated rings. The lowest BCUT2D eigenvalue weighted by Crippen LogP contribution is -2.55. The van der Waals surface area contributed by atoms with Crippen molar-refractivity contribution in [1.29, 1.82) is 0 Å². The first-order valence-electron chi connectivity index (χ1n) is 14.9. The molecule has 9 nitrogen and oxygen atoms in total. The van der Waals surface area contributed by atoms with Crippen LogP contribution in [0.25, 0.3) is 0 Å². The lowest BCUT2D eigenvalue weighted by Gasteiger charge is -2.35. The molecule has 3 amide bonds. The third kappa shape index (κ3) is 10.1. The molecule has 43 heavy (non-hydrogen) atoms. The zero-order chi connectivity index (χ0) is 32.1. The van der Waals surface area contributed by atoms with Crippen molar-refractivity contribution in [3.05, 3.63) is 70.8 Å². The van der Waals surface area contributed by atoms with E-state index in [0.29, 0.717) is 5.56 Å². The summed E-state index contributed by atoms with van der Waals surface area (Å²) < 4.78 is 11.0. The Morgan fingerprint density at radius 3 is 2.00 bits per heavy atom. The molecule has 0 heterocycles. The highest BCUT2D eigenvalue weighted by atomic mass is 16.6. The van der Waals surface area contributed by atoms with Gasteiger partial charge in [0, 0.05) is 12.5 Å². The molecule has 3 atom stereocenters. The minimum Gasteiger partial charge on any atom is -0.458 e. The second-order valence-electron chi connectivity index (χ2n) is 13.4. The Morgan fingerprint density at radius 1 is 0.860 bits per heavy atom. The number of nitrogens with one attached hydrogen (secondary N) is 2. The minimum atomic E-state index is -1.04. The van der Waals surface area contributed by atoms with Crippen LogP contribution in [0.4, 0.5) is 4.79 Å². The van der Waals surface area contributed by atoms with Crippen LogP contribution >= 0.6 is 0 Å². The quantitative estimate of drug-likeness (QED) is 0.361. The second-order valence-corrected chi connectivity index (χ2v) is 13.4. The molecule has 3 rings (SSSR count). The first-order valence-corrected chi connectivity index (χ1v) is 14.9. The van der Waals surface area contributed by atoms with Gasteiger partial charge in [0.25, 0.3) is 0 Å². The van der Waals surface area contributed by atoms with Crippen molar-refractivity contribution in [2.24, 2.45) is 0 Å². The number of hydrogen-bond donors (Lipinski definition) is 2. The third-order valence-electron chi connectivity index (χ3n) is 6.96. The maximum atomic E-state index is 14.3. The van der Waals surface area contributed by atoms with Gasteiger partial charge in [-0.3, -0.25) is 9.59 Å². The van der Waals surface area contributed by atoms with E-state index < -0.39 is 53.2 Å². The zero-order valence-electron chi connectivity index (χ0n) is 26.9. The average molecular weight is 594 g/mol. The van der Waals surface area contributed by atoms with Crippen LogP contribution in [0, 0.1) is 13.8 Å². The van der Waals surface area contributed by atoms with Gasteiger partial charge >= 0.3 is 12.1 Å². The van der Waals surface area contributed by atoms with E-state index in [4.69, 9.17) is 9.47 Å². The summed E-state index contributed by atoms with van der Waals surface area (Å²) >= 11 is 0. The van der Waals surface area contributed by atoms with Crippen LogP contribution in [0.5, 0.6) is 0 Å². The normalized spacial score (nSPS) is 15.5. The molecular weight excluding hydrogens is 546 g/mol. The van der Waals surface area contributed by atoms with E-state index in [1.807, 2.05) is 62.4 Å². The Balaban J connectivity index is 1.99. The number of carbonyl (C=O) groups is 4. The fraction of sp³-hybridized carbons (Fsp3) is 0.529. The maximum absolute atomic E-state index is 14.3. The summed E-state index contributed by atoms with van der Waals surface area (Å²) in [6.45, 7) is 16.1. The van der Waals surface area contributed by atoms with Crippen molar-refractivity contribution >= 4 is 23.9 Å². The summed E-state index contributed by atoms with van der Waals surface area (Å²) in [5, 5.41) is 5.55. The van der Waals surface area contributed by atoms with Crippen molar-refractivity contribution in [3.8, 4) is 0 Å². The summed E-state index contributed by atoms with van der Waals surface area (Å²) in [5.74, 6) is -1.48. The number of aryl methyl sites for hydroxylation is 2. The molecule has 2 aromatic carbocycles. The van der Waals surface area contributed by atoms with Crippen LogP contribution in [0.2, 0.25) is 0 Å². The first kappa shape index (κ1) is 33.6. The predicted octanol–water partition coefficient (Wildman–Crippen LogP) is 5.32. The Bertz CT molecular complexity index is 1310. The molecule has 0 bridgehead atoms. The minimum absolute atomic E-state index is 0.193. The molecule has 0 saturated heterocycles. The maximum Gasteiger partial charge on any atom is 0.408 e. The SMILES string of the molecule is Cc1ccc(C(C(=O)NC(Cc2ccccc2)C(=O)OC(C)(C)C)N(C(=O)C(C)NC(=O)OC(C)(C)C)C2CC2)cc1C. The molecule has 0 radical (unpaired) electrons. The van der Waals surface area contributed by atoms with Gasteiger partial charge in [-0.25, -0.2) is 9.59 Å². The molecule has 0 spiro atoms. The topological polar surface area (TPSA) is 114 Å². The highest BCUT2D eigenvalue weighted by molar-refractivity contribution is 5.94. The summed E-state index contributed by atoms with van der Waals surface area (Å²) in [4.78, 5) is 55.7. The number of esters is 1. The van der Waals surface area contributed by atoms with Crippen LogP contribution in [-0.4, -0.2) is 58.1 Å². The van der Waals surface area contributed by atoms with Gasteiger partial charge in [-0.1, -0.05) is 48.5 Å². The summed E-state index contributed by atoms with van der Waals surface area (Å²) in [6, 6.07) is 11.9. The molecule has 2 aromatic rings. The van der Waals surface area contributed by atoms with Crippen molar-refractivity contribution in [3.63, 3.8) is 0 Å². The fourth-order valence-electron chi connectivity index (χ4n) is 4.68. The standard InChI is InChI=1S/C34H47N3O6/c1-21-15-16-25(19-22(21)2)28(37(26-17-18-26)30(39)23(3)35-32(41)43-34(7,8)9)29(38)36-27(31(40)42-33(4,5)6)20-24-13-11-10-12-14-24/h10-16,19,23,26-28H,17-18,20H2,1-9H3,(H,35,41)(H,36,38). The molecular formula is C34H47N3O6. The van der Waals surface area contributed by atoms with E-state index >= 15 is 0 Å². The van der Waals surface area contributed by atoms with Crippen LogP contribution in [0.3, 0.4) is 0 Å². The van der Waals surface area contributed by atoms with Crippen molar-refractivity contribution in [2.45, 2.75) is 117 Å². The van der Waals surface area contributed by atoms with Gasteiger partial charge < -0.3 is 25.0 Å². The van der Waals surface area contributed by atoms with Crippen molar-refractivity contribution < 1.29 is 28.7 Å². The van der Waals surface area contributed by atoms with E-state index in [1.165, 1.54) is 0 Å². The first-order chi connectivity index (χ1) is 19.9. The monoisotopic (exact) mass is 593 g/mol. The molecule has 1 aliphatic carbocycles. The van der Waals surface area contributed by atoms with Crippen LogP contribution in [0.15, 0.2) is 48.5 Å². The third-order valence-corrected chi connectivity index (χ3v) is 6.96.